The van der Waals surface area contributed by atoms with Gasteiger partial charge in [-0.05, 0) is 23.3 Å². The van der Waals surface area contributed by atoms with Gasteiger partial charge < -0.3 is 5.43 Å². The average molecular weight is 277 g/mol. The number of nitrogens with two attached hydrogens (primary N) is 1. The van der Waals surface area contributed by atoms with Gasteiger partial charge in [-0.2, -0.15) is 0 Å². The lowest BCUT2D eigenvalue weighted by molar-refractivity contribution is 1.01. The quantitative estimate of drug-likeness (QED) is 0.528. The Hall–Kier alpha value is -1.46. The zero-order valence-corrected chi connectivity index (χ0v) is 9.95. The van der Waals surface area contributed by atoms with Crippen molar-refractivity contribution in [3.8, 4) is 11.3 Å². The van der Waals surface area contributed by atoms with Crippen molar-refractivity contribution in [3.63, 3.8) is 0 Å². The smallest absolute Gasteiger partial charge is 0.162 e. The van der Waals surface area contributed by atoms with E-state index in [-0.39, 0.29) is 0 Å². The molecule has 16 heavy (non-hydrogen) atoms. The fourth-order valence-corrected chi connectivity index (χ4v) is 2.52. The first kappa shape index (κ1) is 9.74. The first-order valence-electron chi connectivity index (χ1n) is 4.90. The van der Waals surface area contributed by atoms with Crippen LogP contribution in [-0.4, -0.2) is 10.2 Å². The molecule has 3 N–H and O–H groups in total. The van der Waals surface area contributed by atoms with Crippen LogP contribution in [0.5, 0.6) is 0 Å². The summed E-state index contributed by atoms with van der Waals surface area (Å²) in [7, 11) is 0. The molecule has 1 heterocycles. The Bertz CT molecular complexity index is 568. The summed E-state index contributed by atoms with van der Waals surface area (Å²) in [6, 6.07) is 8.06. The van der Waals surface area contributed by atoms with Crippen molar-refractivity contribution < 1.29 is 0 Å². The topological polar surface area (TPSA) is 63.8 Å². The van der Waals surface area contributed by atoms with Crippen LogP contribution >= 0.6 is 15.9 Å². The van der Waals surface area contributed by atoms with E-state index < -0.39 is 0 Å². The number of hydrazine groups is 1. The van der Waals surface area contributed by atoms with E-state index in [1.54, 1.807) is 0 Å². The second-order valence-corrected chi connectivity index (χ2v) is 4.54. The third kappa shape index (κ3) is 1.32. The van der Waals surface area contributed by atoms with Gasteiger partial charge in [0.25, 0.3) is 0 Å². The Kier molecular flexibility index (Phi) is 2.15. The van der Waals surface area contributed by atoms with Gasteiger partial charge in [0.1, 0.15) is 0 Å². The molecule has 1 aromatic heterocycles. The molecule has 80 valence electrons. The molecule has 0 spiro atoms. The minimum atomic E-state index is 0.600. The monoisotopic (exact) mass is 276 g/mol. The number of hydrogen-bond acceptors (Lipinski definition) is 4. The fourth-order valence-electron chi connectivity index (χ4n) is 2.01. The minimum absolute atomic E-state index is 0.600. The van der Waals surface area contributed by atoms with Crippen LogP contribution in [0, 0.1) is 0 Å². The SMILES string of the molecule is NNc1cc2c(nn1)-c1cccc(Br)c1C2. The highest BCUT2D eigenvalue weighted by Crippen LogP contribution is 2.38. The number of nitrogens with zero attached hydrogens (tertiary/aromatic N) is 2. The molecule has 0 fully saturated rings. The average Bonchev–Trinajstić information content (AvgIpc) is 2.68. The van der Waals surface area contributed by atoms with Gasteiger partial charge in [-0.3, -0.25) is 0 Å². The molecular weight excluding hydrogens is 268 g/mol. The number of hydrogen-bond donors (Lipinski definition) is 2. The van der Waals surface area contributed by atoms with E-state index >= 15 is 0 Å². The lowest BCUT2D eigenvalue weighted by Gasteiger charge is -2.01. The van der Waals surface area contributed by atoms with E-state index in [1.807, 2.05) is 18.2 Å². The van der Waals surface area contributed by atoms with Crippen LogP contribution in [0.2, 0.25) is 0 Å². The summed E-state index contributed by atoms with van der Waals surface area (Å²) in [6.07, 6.45) is 0.871. The zero-order chi connectivity index (χ0) is 11.1. The van der Waals surface area contributed by atoms with Crippen LogP contribution in [0.15, 0.2) is 28.7 Å². The number of aromatic nitrogens is 2. The maximum atomic E-state index is 5.32. The number of anilines is 1. The van der Waals surface area contributed by atoms with Crippen LogP contribution in [0.3, 0.4) is 0 Å². The summed E-state index contributed by atoms with van der Waals surface area (Å²) >= 11 is 3.55. The van der Waals surface area contributed by atoms with E-state index in [1.165, 1.54) is 5.56 Å². The predicted molar refractivity (Wildman–Crippen MR) is 65.8 cm³/mol. The molecule has 0 amide bonds. The van der Waals surface area contributed by atoms with E-state index in [2.05, 4.69) is 37.6 Å². The number of nitrogens with one attached hydrogen (secondary N) is 1. The van der Waals surface area contributed by atoms with Crippen molar-refractivity contribution in [1.29, 1.82) is 0 Å². The second kappa shape index (κ2) is 3.54. The van der Waals surface area contributed by atoms with Gasteiger partial charge in [0, 0.05) is 16.5 Å². The summed E-state index contributed by atoms with van der Waals surface area (Å²) in [5, 5.41) is 8.20. The molecule has 0 radical (unpaired) electrons. The lowest BCUT2D eigenvalue weighted by Crippen LogP contribution is -2.09. The van der Waals surface area contributed by atoms with Gasteiger partial charge in [0.2, 0.25) is 0 Å². The molecule has 0 saturated carbocycles. The second-order valence-electron chi connectivity index (χ2n) is 3.69. The number of halogens is 1. The molecule has 3 rings (SSSR count). The molecule has 2 aromatic rings. The third-order valence-corrected chi connectivity index (χ3v) is 3.50. The first-order valence-corrected chi connectivity index (χ1v) is 5.70. The molecule has 0 unspecified atom stereocenters. The van der Waals surface area contributed by atoms with E-state index in [0.717, 1.165) is 27.7 Å². The van der Waals surface area contributed by atoms with Crippen molar-refractivity contribution in [3.05, 3.63) is 39.9 Å². The van der Waals surface area contributed by atoms with Crippen LogP contribution in [0.4, 0.5) is 5.82 Å². The Morgan fingerprint density at radius 3 is 3.00 bits per heavy atom. The van der Waals surface area contributed by atoms with Crippen molar-refractivity contribution in [2.45, 2.75) is 6.42 Å². The normalized spacial score (nSPS) is 12.1. The standard InChI is InChI=1S/C11H9BrN4/c12-9-3-1-2-7-8(9)4-6-5-10(14-13)15-16-11(6)7/h1-3,5H,4,13H2,(H,14,15). The van der Waals surface area contributed by atoms with Crippen molar-refractivity contribution in [2.24, 2.45) is 5.84 Å². The molecule has 0 saturated heterocycles. The molecule has 5 heteroatoms. The number of benzene rings is 1. The summed E-state index contributed by atoms with van der Waals surface area (Å²) in [5.41, 5.74) is 7.04. The van der Waals surface area contributed by atoms with Gasteiger partial charge >= 0.3 is 0 Å². The van der Waals surface area contributed by atoms with Crippen LogP contribution < -0.4 is 11.3 Å². The highest BCUT2D eigenvalue weighted by Gasteiger charge is 2.22. The van der Waals surface area contributed by atoms with Gasteiger partial charge in [0.05, 0.1) is 5.69 Å². The highest BCUT2D eigenvalue weighted by atomic mass is 79.9. The third-order valence-electron chi connectivity index (χ3n) is 2.76. The fraction of sp³-hybridized carbons (Fsp3) is 0.0909. The van der Waals surface area contributed by atoms with Gasteiger partial charge in [-0.1, -0.05) is 28.1 Å². The number of fused-ring (bicyclic) bond motifs is 3. The highest BCUT2D eigenvalue weighted by molar-refractivity contribution is 9.10. The van der Waals surface area contributed by atoms with Gasteiger partial charge in [-0.15, -0.1) is 10.2 Å². The van der Waals surface area contributed by atoms with E-state index in [9.17, 15) is 0 Å². The largest absolute Gasteiger partial charge is 0.307 e. The molecule has 1 aliphatic rings. The number of rotatable bonds is 1. The Morgan fingerprint density at radius 1 is 1.31 bits per heavy atom. The summed E-state index contributed by atoms with van der Waals surface area (Å²) in [5.74, 6) is 5.92. The lowest BCUT2D eigenvalue weighted by atomic mass is 10.1. The van der Waals surface area contributed by atoms with Gasteiger partial charge in [-0.25, -0.2) is 5.84 Å². The first-order chi connectivity index (χ1) is 7.79. The van der Waals surface area contributed by atoms with Crippen LogP contribution in [0.1, 0.15) is 11.1 Å². The summed E-state index contributed by atoms with van der Waals surface area (Å²) in [6.45, 7) is 0. The van der Waals surface area contributed by atoms with Crippen molar-refractivity contribution in [2.75, 3.05) is 5.43 Å². The molecule has 0 aliphatic heterocycles. The zero-order valence-electron chi connectivity index (χ0n) is 8.37. The van der Waals surface area contributed by atoms with Crippen molar-refractivity contribution in [1.82, 2.24) is 10.2 Å². The maximum absolute atomic E-state index is 5.32. The van der Waals surface area contributed by atoms with E-state index in [0.29, 0.717) is 5.82 Å². The number of nitrogen functional groups attached to an aromatic ring is 1. The molecule has 0 bridgehead atoms. The molecule has 0 atom stereocenters. The van der Waals surface area contributed by atoms with Crippen LogP contribution in [-0.2, 0) is 6.42 Å². The van der Waals surface area contributed by atoms with Crippen molar-refractivity contribution >= 4 is 21.7 Å². The Labute approximate surface area is 101 Å². The molecule has 4 nitrogen and oxygen atoms in total. The van der Waals surface area contributed by atoms with Crippen LogP contribution in [0.25, 0.3) is 11.3 Å². The minimum Gasteiger partial charge on any atom is -0.307 e. The molecular formula is C11H9BrN4. The van der Waals surface area contributed by atoms with Gasteiger partial charge in [0.15, 0.2) is 5.82 Å². The maximum Gasteiger partial charge on any atom is 0.162 e. The molecule has 1 aromatic carbocycles. The Morgan fingerprint density at radius 2 is 2.19 bits per heavy atom. The molecule has 1 aliphatic carbocycles. The summed E-state index contributed by atoms with van der Waals surface area (Å²) in [4.78, 5) is 0. The van der Waals surface area contributed by atoms with E-state index in [4.69, 9.17) is 5.84 Å². The summed E-state index contributed by atoms with van der Waals surface area (Å²) < 4.78 is 1.12. The predicted octanol–water partition coefficient (Wildman–Crippen LogP) is 2.10. The Balaban J connectivity index is 2.20.